The number of hydrogen-bond acceptors (Lipinski definition) is 3. The van der Waals surface area contributed by atoms with Gasteiger partial charge in [-0.3, -0.25) is 9.59 Å². The van der Waals surface area contributed by atoms with E-state index >= 15 is 0 Å². The molecule has 1 aromatic rings. The van der Waals surface area contributed by atoms with Gasteiger partial charge in [-0.15, -0.1) is 0 Å². The van der Waals surface area contributed by atoms with Gasteiger partial charge in [0.15, 0.2) is 5.60 Å². The van der Waals surface area contributed by atoms with Gasteiger partial charge in [-0.2, -0.15) is 0 Å². The summed E-state index contributed by atoms with van der Waals surface area (Å²) in [4.78, 5) is 23.4. The van der Waals surface area contributed by atoms with Crippen LogP contribution in [-0.4, -0.2) is 17.4 Å². The number of carbonyl (C=O) groups excluding carboxylic acids is 2. The molecule has 3 rings (SSSR count). The van der Waals surface area contributed by atoms with Gasteiger partial charge in [0.1, 0.15) is 0 Å². The van der Waals surface area contributed by atoms with Crippen LogP contribution >= 0.6 is 0 Å². The van der Waals surface area contributed by atoms with Crippen LogP contribution in [-0.2, 0) is 9.53 Å². The molecule has 1 spiro atoms. The van der Waals surface area contributed by atoms with E-state index in [1.54, 1.807) is 12.1 Å². The molecule has 1 aromatic carbocycles. The molecule has 1 fully saturated rings. The zero-order chi connectivity index (χ0) is 11.2. The van der Waals surface area contributed by atoms with Crippen LogP contribution in [0.15, 0.2) is 30.3 Å². The second-order valence-electron chi connectivity index (χ2n) is 4.11. The zero-order valence-electron chi connectivity index (χ0n) is 8.60. The number of esters is 1. The lowest BCUT2D eigenvalue weighted by atomic mass is 9.83. The summed E-state index contributed by atoms with van der Waals surface area (Å²) >= 11 is 0. The third-order valence-corrected chi connectivity index (χ3v) is 3.12. The SMILES string of the molecule is O=C1CC[C@]2(C=Cc3ccccc3C2=O)O1. The molecule has 1 aliphatic carbocycles. The van der Waals surface area contributed by atoms with Gasteiger partial charge in [0.05, 0.1) is 6.42 Å². The van der Waals surface area contributed by atoms with Gasteiger partial charge in [0, 0.05) is 12.0 Å². The van der Waals surface area contributed by atoms with Crippen molar-refractivity contribution >= 4 is 17.8 Å². The van der Waals surface area contributed by atoms with Crippen molar-refractivity contribution in [2.75, 3.05) is 0 Å². The number of rotatable bonds is 0. The molecule has 2 aliphatic rings. The summed E-state index contributed by atoms with van der Waals surface area (Å²) < 4.78 is 5.18. The first-order valence-electron chi connectivity index (χ1n) is 5.26. The van der Waals surface area contributed by atoms with Crippen LogP contribution in [0.5, 0.6) is 0 Å². The summed E-state index contributed by atoms with van der Waals surface area (Å²) in [6.45, 7) is 0. The number of carbonyl (C=O) groups is 2. The molecule has 0 unspecified atom stereocenters. The van der Waals surface area contributed by atoms with Crippen LogP contribution in [0.1, 0.15) is 28.8 Å². The van der Waals surface area contributed by atoms with Gasteiger partial charge in [-0.1, -0.05) is 30.3 Å². The van der Waals surface area contributed by atoms with Gasteiger partial charge >= 0.3 is 5.97 Å². The Morgan fingerprint density at radius 1 is 1.19 bits per heavy atom. The number of ether oxygens (including phenoxy) is 1. The second kappa shape index (κ2) is 3.04. The first-order chi connectivity index (χ1) is 7.71. The molecule has 3 nitrogen and oxygen atoms in total. The molecule has 1 atom stereocenters. The Hall–Kier alpha value is -1.90. The predicted octanol–water partition coefficient (Wildman–Crippen LogP) is 1.97. The van der Waals surface area contributed by atoms with Gasteiger partial charge in [-0.25, -0.2) is 0 Å². The zero-order valence-corrected chi connectivity index (χ0v) is 8.60. The molecule has 0 amide bonds. The number of benzene rings is 1. The van der Waals surface area contributed by atoms with E-state index in [9.17, 15) is 9.59 Å². The van der Waals surface area contributed by atoms with Crippen LogP contribution in [0.4, 0.5) is 0 Å². The summed E-state index contributed by atoms with van der Waals surface area (Å²) in [5.74, 6) is -0.395. The summed E-state index contributed by atoms with van der Waals surface area (Å²) in [6.07, 6.45) is 4.34. The third kappa shape index (κ3) is 1.14. The van der Waals surface area contributed by atoms with Crippen molar-refractivity contribution in [3.05, 3.63) is 41.5 Å². The van der Waals surface area contributed by atoms with Crippen LogP contribution in [0.25, 0.3) is 6.08 Å². The van der Waals surface area contributed by atoms with Crippen molar-refractivity contribution < 1.29 is 14.3 Å². The lowest BCUT2D eigenvalue weighted by Crippen LogP contribution is -2.38. The van der Waals surface area contributed by atoms with E-state index in [1.165, 1.54) is 0 Å². The predicted molar refractivity (Wildman–Crippen MR) is 57.9 cm³/mol. The standard InChI is InChI=1S/C13H10O3/c14-11-6-8-13(16-11)7-5-9-3-1-2-4-10(9)12(13)15/h1-5,7H,6,8H2/t13-/m0/s1. The topological polar surface area (TPSA) is 43.4 Å². The van der Waals surface area contributed by atoms with Gasteiger partial charge in [-0.05, 0) is 11.6 Å². The Bertz CT molecular complexity index is 516. The Morgan fingerprint density at radius 2 is 2.00 bits per heavy atom. The Morgan fingerprint density at radius 3 is 2.75 bits per heavy atom. The Kier molecular flexibility index (Phi) is 1.78. The lowest BCUT2D eigenvalue weighted by Gasteiger charge is -2.26. The average Bonchev–Trinajstić information content (AvgIpc) is 2.68. The second-order valence-corrected chi connectivity index (χ2v) is 4.11. The highest BCUT2D eigenvalue weighted by molar-refractivity contribution is 6.10. The number of fused-ring (bicyclic) bond motifs is 1. The maximum absolute atomic E-state index is 12.3. The number of ketones is 1. The Balaban J connectivity index is 2.11. The smallest absolute Gasteiger partial charge is 0.307 e. The van der Waals surface area contributed by atoms with Crippen LogP contribution in [0.2, 0.25) is 0 Å². The van der Waals surface area contributed by atoms with Crippen molar-refractivity contribution in [3.8, 4) is 0 Å². The normalized spacial score (nSPS) is 27.0. The minimum Gasteiger partial charge on any atom is -0.446 e. The summed E-state index contributed by atoms with van der Waals surface area (Å²) in [6, 6.07) is 7.36. The fraction of sp³-hybridized carbons (Fsp3) is 0.231. The van der Waals surface area contributed by atoms with E-state index < -0.39 is 5.60 Å². The molecule has 1 aliphatic heterocycles. The third-order valence-electron chi connectivity index (χ3n) is 3.12. The van der Waals surface area contributed by atoms with Gasteiger partial charge in [0.2, 0.25) is 5.78 Å². The van der Waals surface area contributed by atoms with E-state index in [-0.39, 0.29) is 11.8 Å². The lowest BCUT2D eigenvalue weighted by molar-refractivity contribution is -0.143. The molecule has 0 N–H and O–H groups in total. The Labute approximate surface area is 92.7 Å². The fourth-order valence-corrected chi connectivity index (χ4v) is 2.25. The monoisotopic (exact) mass is 214 g/mol. The summed E-state index contributed by atoms with van der Waals surface area (Å²) in [5, 5.41) is 0. The van der Waals surface area contributed by atoms with E-state index in [0.29, 0.717) is 18.4 Å². The molecule has 1 saturated heterocycles. The van der Waals surface area contributed by atoms with E-state index in [1.807, 2.05) is 24.3 Å². The van der Waals surface area contributed by atoms with Crippen molar-refractivity contribution in [2.24, 2.45) is 0 Å². The maximum atomic E-state index is 12.3. The molecule has 0 bridgehead atoms. The molecule has 80 valence electrons. The number of hydrogen-bond donors (Lipinski definition) is 0. The summed E-state index contributed by atoms with van der Waals surface area (Å²) in [7, 11) is 0. The first-order valence-corrected chi connectivity index (χ1v) is 5.26. The quantitative estimate of drug-likeness (QED) is 0.620. The fourth-order valence-electron chi connectivity index (χ4n) is 2.25. The highest BCUT2D eigenvalue weighted by Crippen LogP contribution is 2.36. The largest absolute Gasteiger partial charge is 0.446 e. The van der Waals surface area contributed by atoms with Crippen molar-refractivity contribution in [3.63, 3.8) is 0 Å². The number of Topliss-reactive ketones (excluding diaryl/α,β-unsaturated/α-hetero) is 1. The molecule has 0 aromatic heterocycles. The van der Waals surface area contributed by atoms with Crippen molar-refractivity contribution in [1.29, 1.82) is 0 Å². The molecule has 3 heteroatoms. The van der Waals surface area contributed by atoms with Crippen LogP contribution in [0.3, 0.4) is 0 Å². The highest BCUT2D eigenvalue weighted by Gasteiger charge is 2.47. The van der Waals surface area contributed by atoms with Crippen LogP contribution in [0, 0.1) is 0 Å². The van der Waals surface area contributed by atoms with Gasteiger partial charge < -0.3 is 4.74 Å². The van der Waals surface area contributed by atoms with E-state index in [4.69, 9.17) is 4.74 Å². The minimum absolute atomic E-state index is 0.101. The minimum atomic E-state index is -1.02. The van der Waals surface area contributed by atoms with E-state index in [0.717, 1.165) is 5.56 Å². The average molecular weight is 214 g/mol. The molecular formula is C13H10O3. The molecule has 0 saturated carbocycles. The van der Waals surface area contributed by atoms with Crippen molar-refractivity contribution in [2.45, 2.75) is 18.4 Å². The maximum Gasteiger partial charge on any atom is 0.307 e. The van der Waals surface area contributed by atoms with Gasteiger partial charge in [0.25, 0.3) is 0 Å². The van der Waals surface area contributed by atoms with Crippen molar-refractivity contribution in [1.82, 2.24) is 0 Å². The van der Waals surface area contributed by atoms with Crippen LogP contribution < -0.4 is 0 Å². The molecule has 16 heavy (non-hydrogen) atoms. The molecule has 1 heterocycles. The van der Waals surface area contributed by atoms with E-state index in [2.05, 4.69) is 0 Å². The highest BCUT2D eigenvalue weighted by atomic mass is 16.6. The summed E-state index contributed by atoms with van der Waals surface area (Å²) in [5.41, 5.74) is 0.506. The molecular weight excluding hydrogens is 204 g/mol. The molecule has 0 radical (unpaired) electrons. The first kappa shape index (κ1) is 9.33.